The lowest BCUT2D eigenvalue weighted by Crippen LogP contribution is -2.58. The minimum Gasteiger partial charge on any atom is -0.496 e. The van der Waals surface area contributed by atoms with E-state index in [2.05, 4.69) is 35.9 Å². The number of ether oxygens (including phenoxy) is 1. The average molecular weight is 491 g/mol. The fourth-order valence-corrected chi connectivity index (χ4v) is 7.04. The molecular formula is C21H21BrClN5O2. The van der Waals surface area contributed by atoms with E-state index < -0.39 is 0 Å². The molecule has 0 aliphatic heterocycles. The summed E-state index contributed by atoms with van der Waals surface area (Å²) in [5, 5.41) is 9.57. The second-order valence-corrected chi connectivity index (χ2v) is 10.3. The van der Waals surface area contributed by atoms with Crippen molar-refractivity contribution in [3.8, 4) is 17.1 Å². The van der Waals surface area contributed by atoms with Crippen LogP contribution in [0.1, 0.15) is 44.4 Å². The van der Waals surface area contributed by atoms with Crippen LogP contribution in [0, 0.1) is 11.8 Å². The quantitative estimate of drug-likeness (QED) is 0.512. The van der Waals surface area contributed by atoms with Gasteiger partial charge in [0.1, 0.15) is 12.1 Å². The molecule has 4 aliphatic rings. The summed E-state index contributed by atoms with van der Waals surface area (Å²) in [6, 6.07) is 5.45. The summed E-state index contributed by atoms with van der Waals surface area (Å²) in [5.41, 5.74) is 0.616. The zero-order valence-electron chi connectivity index (χ0n) is 16.5. The summed E-state index contributed by atoms with van der Waals surface area (Å²) in [6.07, 6.45) is 8.57. The summed E-state index contributed by atoms with van der Waals surface area (Å²) in [7, 11) is 1.63. The molecule has 2 atom stereocenters. The SMILES string of the molecule is COc1ccc(Cl)cc1-c1noc(C23CC4CC(C2)CC(n2cnc(Br)n2)(C4)C3)n1. The lowest BCUT2D eigenvalue weighted by molar-refractivity contribution is -0.0787. The lowest BCUT2D eigenvalue weighted by atomic mass is 9.47. The van der Waals surface area contributed by atoms with Crippen LogP contribution in [-0.2, 0) is 11.0 Å². The van der Waals surface area contributed by atoms with E-state index in [9.17, 15) is 0 Å². The molecule has 2 unspecified atom stereocenters. The molecule has 0 N–H and O–H groups in total. The molecule has 1 aromatic carbocycles. The van der Waals surface area contributed by atoms with Crippen LogP contribution < -0.4 is 4.74 Å². The summed E-state index contributed by atoms with van der Waals surface area (Å²) in [4.78, 5) is 9.21. The number of methoxy groups -OCH3 is 1. The smallest absolute Gasteiger partial charge is 0.233 e. The first-order chi connectivity index (χ1) is 14.5. The van der Waals surface area contributed by atoms with Crippen LogP contribution in [0.25, 0.3) is 11.4 Å². The number of rotatable bonds is 4. The van der Waals surface area contributed by atoms with Crippen molar-refractivity contribution < 1.29 is 9.26 Å². The fraction of sp³-hybridized carbons (Fsp3) is 0.524. The molecule has 30 heavy (non-hydrogen) atoms. The van der Waals surface area contributed by atoms with Crippen molar-refractivity contribution in [1.29, 1.82) is 0 Å². The normalized spacial score (nSPS) is 32.0. The topological polar surface area (TPSA) is 78.9 Å². The van der Waals surface area contributed by atoms with Gasteiger partial charge in [-0.25, -0.2) is 9.67 Å². The van der Waals surface area contributed by atoms with E-state index in [-0.39, 0.29) is 11.0 Å². The Balaban J connectivity index is 1.41. The molecule has 7 nitrogen and oxygen atoms in total. The second-order valence-electron chi connectivity index (χ2n) is 9.19. The van der Waals surface area contributed by atoms with Crippen molar-refractivity contribution >= 4 is 27.5 Å². The molecule has 156 valence electrons. The van der Waals surface area contributed by atoms with Gasteiger partial charge in [-0.15, -0.1) is 5.10 Å². The Morgan fingerprint density at radius 2 is 2.03 bits per heavy atom. The maximum atomic E-state index is 6.21. The molecule has 4 aliphatic carbocycles. The maximum absolute atomic E-state index is 6.21. The maximum Gasteiger partial charge on any atom is 0.233 e. The Morgan fingerprint density at radius 3 is 2.73 bits per heavy atom. The number of halogens is 2. The van der Waals surface area contributed by atoms with Crippen LogP contribution in [0.5, 0.6) is 5.75 Å². The molecule has 0 amide bonds. The van der Waals surface area contributed by atoms with Crippen LogP contribution in [0.3, 0.4) is 0 Å². The zero-order chi connectivity index (χ0) is 20.5. The van der Waals surface area contributed by atoms with Gasteiger partial charge in [-0.2, -0.15) is 4.98 Å². The van der Waals surface area contributed by atoms with E-state index in [1.165, 1.54) is 6.42 Å². The van der Waals surface area contributed by atoms with E-state index in [1.54, 1.807) is 13.2 Å². The first-order valence-corrected chi connectivity index (χ1v) is 11.4. The average Bonchev–Trinajstić information content (AvgIpc) is 3.37. The van der Waals surface area contributed by atoms with E-state index in [4.69, 9.17) is 25.8 Å². The van der Waals surface area contributed by atoms with Gasteiger partial charge in [-0.1, -0.05) is 16.8 Å². The molecule has 0 spiro atoms. The number of hydrogen-bond acceptors (Lipinski definition) is 6. The molecule has 0 radical (unpaired) electrons. The van der Waals surface area contributed by atoms with Crippen molar-refractivity contribution in [3.05, 3.63) is 40.2 Å². The number of hydrogen-bond donors (Lipinski definition) is 0. The Morgan fingerprint density at radius 1 is 1.23 bits per heavy atom. The second kappa shape index (κ2) is 6.53. The summed E-state index contributed by atoms with van der Waals surface area (Å²) < 4.78 is 14.1. The third-order valence-electron chi connectivity index (χ3n) is 7.26. The zero-order valence-corrected chi connectivity index (χ0v) is 18.9. The van der Waals surface area contributed by atoms with Crippen molar-refractivity contribution in [1.82, 2.24) is 24.9 Å². The van der Waals surface area contributed by atoms with Crippen molar-refractivity contribution in [2.75, 3.05) is 7.11 Å². The Kier molecular flexibility index (Phi) is 4.10. The predicted octanol–water partition coefficient (Wildman–Crippen LogP) is 5.00. The van der Waals surface area contributed by atoms with Gasteiger partial charge >= 0.3 is 0 Å². The van der Waals surface area contributed by atoms with Gasteiger partial charge in [-0.3, -0.25) is 0 Å². The molecule has 0 saturated heterocycles. The van der Waals surface area contributed by atoms with Crippen LogP contribution >= 0.6 is 27.5 Å². The number of benzene rings is 1. The molecule has 3 aromatic rings. The van der Waals surface area contributed by atoms with Crippen LogP contribution in [0.15, 0.2) is 33.8 Å². The first kappa shape index (κ1) is 18.8. The highest BCUT2D eigenvalue weighted by Gasteiger charge is 2.61. The Bertz CT molecular complexity index is 1110. The van der Waals surface area contributed by atoms with E-state index in [0.717, 1.165) is 43.6 Å². The number of aromatic nitrogens is 5. The van der Waals surface area contributed by atoms with Gasteiger partial charge in [0, 0.05) is 5.02 Å². The lowest BCUT2D eigenvalue weighted by Gasteiger charge is -2.60. The third kappa shape index (κ3) is 2.76. The van der Waals surface area contributed by atoms with Gasteiger partial charge in [0.05, 0.1) is 23.6 Å². The molecule has 4 saturated carbocycles. The molecule has 4 bridgehead atoms. The summed E-state index contributed by atoms with van der Waals surface area (Å²) >= 11 is 9.63. The molecule has 2 aromatic heterocycles. The molecule has 2 heterocycles. The van der Waals surface area contributed by atoms with Gasteiger partial charge in [0.2, 0.25) is 16.4 Å². The molecule has 4 fully saturated rings. The Hall–Kier alpha value is -1.93. The van der Waals surface area contributed by atoms with Gasteiger partial charge < -0.3 is 9.26 Å². The van der Waals surface area contributed by atoms with Gasteiger partial charge in [-0.05, 0) is 84.5 Å². The van der Waals surface area contributed by atoms with E-state index in [0.29, 0.717) is 33.2 Å². The van der Waals surface area contributed by atoms with Gasteiger partial charge in [0.25, 0.3) is 0 Å². The third-order valence-corrected chi connectivity index (χ3v) is 7.86. The van der Waals surface area contributed by atoms with Crippen molar-refractivity contribution in [2.24, 2.45) is 11.8 Å². The molecule has 9 heteroatoms. The predicted molar refractivity (Wildman–Crippen MR) is 113 cm³/mol. The fourth-order valence-electron chi connectivity index (χ4n) is 6.61. The summed E-state index contributed by atoms with van der Waals surface area (Å²) in [6.45, 7) is 0. The van der Waals surface area contributed by atoms with Gasteiger partial charge in [0.15, 0.2) is 0 Å². The standard InChI is InChI=1S/C21H21BrClN5O2/c1-29-16-3-2-14(23)5-15(16)17-25-18(30-27-17)20-6-12-4-13(7-20)9-21(8-12,10-20)28-11-24-19(22)26-28/h2-3,5,11-13H,4,6-10H2,1H3. The largest absolute Gasteiger partial charge is 0.496 e. The highest BCUT2D eigenvalue weighted by molar-refractivity contribution is 9.10. The highest BCUT2D eigenvalue weighted by atomic mass is 79.9. The minimum absolute atomic E-state index is 0.0223. The van der Waals surface area contributed by atoms with Crippen LogP contribution in [0.4, 0.5) is 0 Å². The molecular weight excluding hydrogens is 470 g/mol. The van der Waals surface area contributed by atoms with Crippen LogP contribution in [0.2, 0.25) is 5.02 Å². The minimum atomic E-state index is -0.112. The monoisotopic (exact) mass is 489 g/mol. The summed E-state index contributed by atoms with van der Waals surface area (Å²) in [5.74, 6) is 3.23. The van der Waals surface area contributed by atoms with E-state index >= 15 is 0 Å². The Labute approximate surface area is 187 Å². The van der Waals surface area contributed by atoms with Crippen molar-refractivity contribution in [3.63, 3.8) is 0 Å². The van der Waals surface area contributed by atoms with Crippen molar-refractivity contribution in [2.45, 2.75) is 49.5 Å². The van der Waals surface area contributed by atoms with E-state index in [1.807, 2.05) is 18.5 Å². The van der Waals surface area contributed by atoms with Crippen LogP contribution in [-0.4, -0.2) is 32.0 Å². The molecule has 7 rings (SSSR count). The number of nitrogens with zero attached hydrogens (tertiary/aromatic N) is 5. The highest BCUT2D eigenvalue weighted by Crippen LogP contribution is 2.64. The first-order valence-electron chi connectivity index (χ1n) is 10.2.